The van der Waals surface area contributed by atoms with E-state index < -0.39 is 6.09 Å². The molecule has 0 bridgehead atoms. The van der Waals surface area contributed by atoms with Gasteiger partial charge in [0.15, 0.2) is 0 Å². The number of amides is 1. The molecule has 2 heterocycles. The van der Waals surface area contributed by atoms with E-state index in [2.05, 4.69) is 21.6 Å². The summed E-state index contributed by atoms with van der Waals surface area (Å²) in [6.45, 7) is 0. The van der Waals surface area contributed by atoms with Crippen LogP contribution in [-0.4, -0.2) is 37.8 Å². The zero-order chi connectivity index (χ0) is 22.2. The van der Waals surface area contributed by atoms with Crippen LogP contribution in [0.3, 0.4) is 0 Å². The molecule has 0 aliphatic heterocycles. The zero-order valence-corrected chi connectivity index (χ0v) is 17.7. The summed E-state index contributed by atoms with van der Waals surface area (Å²) in [7, 11) is 1.95. The molecule has 2 aromatic heterocycles. The Bertz CT molecular complexity index is 1470. The Morgan fingerprint density at radius 1 is 1.06 bits per heavy atom. The topological polar surface area (TPSA) is 95.7 Å². The highest BCUT2D eigenvalue weighted by Crippen LogP contribution is 2.33. The Labute approximate surface area is 187 Å². The van der Waals surface area contributed by atoms with Crippen molar-refractivity contribution in [2.75, 3.05) is 17.3 Å². The van der Waals surface area contributed by atoms with Crippen LogP contribution in [-0.2, 0) is 0 Å². The quantitative estimate of drug-likeness (QED) is 0.382. The average Bonchev–Trinajstić information content (AvgIpc) is 3.27. The molecule has 0 radical (unpaired) electrons. The summed E-state index contributed by atoms with van der Waals surface area (Å²) in [5.74, 6) is 1.22. The van der Waals surface area contributed by atoms with Gasteiger partial charge in [-0.25, -0.2) is 4.79 Å². The van der Waals surface area contributed by atoms with Crippen LogP contribution in [0.1, 0.15) is 0 Å². The van der Waals surface area contributed by atoms with Crippen molar-refractivity contribution in [3.63, 3.8) is 0 Å². The van der Waals surface area contributed by atoms with Crippen molar-refractivity contribution in [2.45, 2.75) is 0 Å². The predicted octanol–water partition coefficient (Wildman–Crippen LogP) is 5.46. The van der Waals surface area contributed by atoms with Gasteiger partial charge >= 0.3 is 6.09 Å². The lowest BCUT2D eigenvalue weighted by Crippen LogP contribution is -2.13. The van der Waals surface area contributed by atoms with E-state index in [0.29, 0.717) is 16.5 Å². The number of rotatable bonds is 4. The standard InChI is InChI=1S/C23H17ClN6O2/c1-29(21-19-10-7-16(24)12-20(19)30-13-25-28-22(30)27-21)18-4-2-3-15(11-18)14-5-8-17(9-6-14)26-23(31)32/h2-13,26H,1H3,(H,31,32). The van der Waals surface area contributed by atoms with E-state index in [1.165, 1.54) is 0 Å². The lowest BCUT2D eigenvalue weighted by atomic mass is 10.0. The number of hydrogen-bond acceptors (Lipinski definition) is 5. The third-order valence-corrected chi connectivity index (χ3v) is 5.45. The van der Waals surface area contributed by atoms with Crippen LogP contribution in [0.25, 0.3) is 27.8 Å². The molecule has 3 aromatic carbocycles. The Hall–Kier alpha value is -4.17. The molecule has 0 saturated heterocycles. The molecule has 9 heteroatoms. The van der Waals surface area contributed by atoms with Gasteiger partial charge in [-0.05, 0) is 53.6 Å². The maximum atomic E-state index is 10.8. The van der Waals surface area contributed by atoms with Gasteiger partial charge in [-0.1, -0.05) is 35.9 Å². The normalized spacial score (nSPS) is 11.1. The summed E-state index contributed by atoms with van der Waals surface area (Å²) in [5.41, 5.74) is 4.28. The number of fused-ring (bicyclic) bond motifs is 3. The van der Waals surface area contributed by atoms with E-state index in [1.54, 1.807) is 18.5 Å². The molecule has 0 atom stereocenters. The van der Waals surface area contributed by atoms with Crippen molar-refractivity contribution < 1.29 is 9.90 Å². The number of aromatic nitrogens is 4. The second-order valence-corrected chi connectivity index (χ2v) is 7.65. The molecule has 0 spiro atoms. The van der Waals surface area contributed by atoms with Crippen molar-refractivity contribution in [1.82, 2.24) is 19.6 Å². The van der Waals surface area contributed by atoms with Crippen molar-refractivity contribution in [3.05, 3.63) is 78.1 Å². The SMILES string of the molecule is CN(c1cccc(-c2ccc(NC(=O)O)cc2)c1)c1nc2nncn2c2cc(Cl)ccc12. The van der Waals surface area contributed by atoms with Crippen molar-refractivity contribution in [3.8, 4) is 11.1 Å². The van der Waals surface area contributed by atoms with Crippen LogP contribution in [0.4, 0.5) is 22.0 Å². The van der Waals surface area contributed by atoms with Gasteiger partial charge < -0.3 is 10.0 Å². The number of benzene rings is 3. The van der Waals surface area contributed by atoms with Crippen LogP contribution in [0.2, 0.25) is 5.02 Å². The van der Waals surface area contributed by atoms with E-state index in [0.717, 1.165) is 33.5 Å². The molecular weight excluding hydrogens is 428 g/mol. The van der Waals surface area contributed by atoms with Gasteiger partial charge in [0.1, 0.15) is 12.1 Å². The van der Waals surface area contributed by atoms with E-state index >= 15 is 0 Å². The highest BCUT2D eigenvalue weighted by atomic mass is 35.5. The molecule has 0 aliphatic rings. The first-order chi connectivity index (χ1) is 15.5. The molecule has 0 saturated carbocycles. The largest absolute Gasteiger partial charge is 0.465 e. The average molecular weight is 445 g/mol. The molecule has 8 nitrogen and oxygen atoms in total. The van der Waals surface area contributed by atoms with Crippen LogP contribution in [0.15, 0.2) is 73.1 Å². The molecule has 0 unspecified atom stereocenters. The number of carbonyl (C=O) groups is 1. The highest BCUT2D eigenvalue weighted by molar-refractivity contribution is 6.31. The number of halogens is 1. The fourth-order valence-electron chi connectivity index (χ4n) is 3.66. The van der Waals surface area contributed by atoms with E-state index in [-0.39, 0.29) is 0 Å². The maximum Gasteiger partial charge on any atom is 0.409 e. The maximum absolute atomic E-state index is 10.8. The first-order valence-electron chi connectivity index (χ1n) is 9.73. The molecule has 2 N–H and O–H groups in total. The summed E-state index contributed by atoms with van der Waals surface area (Å²) in [6, 6.07) is 20.9. The van der Waals surface area contributed by atoms with Crippen LogP contribution < -0.4 is 10.2 Å². The molecule has 5 rings (SSSR count). The number of hydrogen-bond donors (Lipinski definition) is 2. The number of nitrogens with zero attached hydrogens (tertiary/aromatic N) is 5. The van der Waals surface area contributed by atoms with E-state index in [9.17, 15) is 4.79 Å². The fourth-order valence-corrected chi connectivity index (χ4v) is 3.83. The van der Waals surface area contributed by atoms with E-state index in [1.807, 2.05) is 64.9 Å². The van der Waals surface area contributed by atoms with Gasteiger partial charge in [0.2, 0.25) is 0 Å². The third-order valence-electron chi connectivity index (χ3n) is 5.22. The van der Waals surface area contributed by atoms with Crippen LogP contribution in [0, 0.1) is 0 Å². The minimum Gasteiger partial charge on any atom is -0.465 e. The Morgan fingerprint density at radius 3 is 2.66 bits per heavy atom. The fraction of sp³-hybridized carbons (Fsp3) is 0.0435. The lowest BCUT2D eigenvalue weighted by molar-refractivity contribution is 0.210. The molecule has 0 fully saturated rings. The number of carboxylic acid groups (broad SMARTS) is 1. The Balaban J connectivity index is 1.56. The summed E-state index contributed by atoms with van der Waals surface area (Å²) >= 11 is 6.24. The number of anilines is 3. The third kappa shape index (κ3) is 3.57. The lowest BCUT2D eigenvalue weighted by Gasteiger charge is -2.21. The van der Waals surface area contributed by atoms with Gasteiger partial charge in [-0.15, -0.1) is 10.2 Å². The summed E-state index contributed by atoms with van der Waals surface area (Å²) < 4.78 is 1.81. The van der Waals surface area contributed by atoms with Gasteiger partial charge in [0, 0.05) is 28.8 Å². The molecule has 0 aliphatic carbocycles. The molecular formula is C23H17ClN6O2. The van der Waals surface area contributed by atoms with Crippen LogP contribution in [0.5, 0.6) is 0 Å². The van der Waals surface area contributed by atoms with Gasteiger partial charge in [0.05, 0.1) is 5.52 Å². The van der Waals surface area contributed by atoms with Crippen LogP contribution >= 0.6 is 11.6 Å². The Morgan fingerprint density at radius 2 is 1.88 bits per heavy atom. The summed E-state index contributed by atoms with van der Waals surface area (Å²) in [5, 5.41) is 20.8. The van der Waals surface area contributed by atoms with Crippen molar-refractivity contribution >= 4 is 51.6 Å². The molecule has 1 amide bonds. The number of nitrogens with one attached hydrogen (secondary N) is 1. The second-order valence-electron chi connectivity index (χ2n) is 7.21. The smallest absolute Gasteiger partial charge is 0.409 e. The van der Waals surface area contributed by atoms with Gasteiger partial charge in [-0.2, -0.15) is 4.98 Å². The Kier molecular flexibility index (Phi) is 4.84. The molecule has 5 aromatic rings. The van der Waals surface area contributed by atoms with Gasteiger partial charge in [-0.3, -0.25) is 9.72 Å². The zero-order valence-electron chi connectivity index (χ0n) is 16.9. The second kappa shape index (κ2) is 7.82. The minimum absolute atomic E-state index is 0.485. The first kappa shape index (κ1) is 19.8. The van der Waals surface area contributed by atoms with Crippen molar-refractivity contribution in [2.24, 2.45) is 0 Å². The highest BCUT2D eigenvalue weighted by Gasteiger charge is 2.15. The van der Waals surface area contributed by atoms with E-state index in [4.69, 9.17) is 21.7 Å². The predicted molar refractivity (Wildman–Crippen MR) is 125 cm³/mol. The molecule has 32 heavy (non-hydrogen) atoms. The molecule has 158 valence electrons. The monoisotopic (exact) mass is 444 g/mol. The van der Waals surface area contributed by atoms with Gasteiger partial charge in [0.25, 0.3) is 5.78 Å². The summed E-state index contributed by atoms with van der Waals surface area (Å²) in [4.78, 5) is 17.5. The minimum atomic E-state index is -1.09. The van der Waals surface area contributed by atoms with Crippen molar-refractivity contribution in [1.29, 1.82) is 0 Å². The summed E-state index contributed by atoms with van der Waals surface area (Å²) in [6.07, 6.45) is 0.529. The first-order valence-corrected chi connectivity index (χ1v) is 10.1.